The summed E-state index contributed by atoms with van der Waals surface area (Å²) in [6.07, 6.45) is 6.71. The van der Waals surface area contributed by atoms with Gasteiger partial charge in [-0.05, 0) is 12.8 Å². The van der Waals surface area contributed by atoms with Gasteiger partial charge in [-0.1, -0.05) is 24.4 Å². The van der Waals surface area contributed by atoms with E-state index in [2.05, 4.69) is 20.2 Å². The van der Waals surface area contributed by atoms with Crippen molar-refractivity contribution in [3.8, 4) is 0 Å². The van der Waals surface area contributed by atoms with Gasteiger partial charge in [0.05, 0.1) is 6.20 Å². The van der Waals surface area contributed by atoms with E-state index in [1.807, 2.05) is 7.05 Å². The number of hydrogen-bond acceptors (Lipinski definition) is 4. The van der Waals surface area contributed by atoms with E-state index < -0.39 is 0 Å². The Bertz CT molecular complexity index is 348. The van der Waals surface area contributed by atoms with Crippen molar-refractivity contribution in [1.82, 2.24) is 9.97 Å². The second kappa shape index (κ2) is 5.34. The van der Waals surface area contributed by atoms with Gasteiger partial charge >= 0.3 is 0 Å². The molecule has 0 aromatic carbocycles. The number of halogens is 1. The summed E-state index contributed by atoms with van der Waals surface area (Å²) in [6, 6.07) is 0. The second-order valence-electron chi connectivity index (χ2n) is 4.02. The maximum absolute atomic E-state index is 6.15. The number of anilines is 2. The van der Waals surface area contributed by atoms with Crippen LogP contribution in [0, 0.1) is 0 Å². The number of hydrogen-bond donors (Lipinski definition) is 1. The van der Waals surface area contributed by atoms with Crippen LogP contribution in [0.2, 0.25) is 5.02 Å². The van der Waals surface area contributed by atoms with Crippen LogP contribution in [0.25, 0.3) is 0 Å². The van der Waals surface area contributed by atoms with Crippen LogP contribution in [0.1, 0.15) is 25.7 Å². The first-order valence-electron chi connectivity index (χ1n) is 5.76. The summed E-state index contributed by atoms with van der Waals surface area (Å²) in [5, 5.41) is 3.58. The van der Waals surface area contributed by atoms with Crippen LogP contribution in [0.4, 0.5) is 11.8 Å². The molecule has 2 heterocycles. The third kappa shape index (κ3) is 2.55. The van der Waals surface area contributed by atoms with Crippen LogP contribution in [-0.2, 0) is 0 Å². The summed E-state index contributed by atoms with van der Waals surface area (Å²) in [7, 11) is 1.81. The molecule has 4 nitrogen and oxygen atoms in total. The Morgan fingerprint density at radius 1 is 1.25 bits per heavy atom. The fourth-order valence-electron chi connectivity index (χ4n) is 1.98. The zero-order chi connectivity index (χ0) is 11.4. The van der Waals surface area contributed by atoms with E-state index in [9.17, 15) is 0 Å². The summed E-state index contributed by atoms with van der Waals surface area (Å²) in [6.45, 7) is 2.08. The SMILES string of the molecule is CNc1ncc(Cl)c(N2CCCCCC2)n1. The predicted molar refractivity (Wildman–Crippen MR) is 67.3 cm³/mol. The first-order valence-corrected chi connectivity index (χ1v) is 6.14. The van der Waals surface area contributed by atoms with E-state index in [1.54, 1.807) is 6.20 Å². The van der Waals surface area contributed by atoms with Gasteiger partial charge in [0.2, 0.25) is 5.95 Å². The van der Waals surface area contributed by atoms with Gasteiger partial charge in [0.25, 0.3) is 0 Å². The molecule has 0 radical (unpaired) electrons. The van der Waals surface area contributed by atoms with E-state index in [4.69, 9.17) is 11.6 Å². The molecular formula is C11H17ClN4. The zero-order valence-electron chi connectivity index (χ0n) is 9.54. The average Bonchev–Trinajstić information content (AvgIpc) is 2.58. The molecule has 0 spiro atoms. The van der Waals surface area contributed by atoms with Crippen molar-refractivity contribution in [3.63, 3.8) is 0 Å². The normalized spacial score (nSPS) is 17.0. The fraction of sp³-hybridized carbons (Fsp3) is 0.636. The van der Waals surface area contributed by atoms with Crippen molar-refractivity contribution < 1.29 is 0 Å². The molecule has 1 saturated heterocycles. The van der Waals surface area contributed by atoms with Gasteiger partial charge in [-0.15, -0.1) is 0 Å². The minimum Gasteiger partial charge on any atom is -0.357 e. The van der Waals surface area contributed by atoms with Crippen molar-refractivity contribution in [2.45, 2.75) is 25.7 Å². The topological polar surface area (TPSA) is 41.1 Å². The fourth-order valence-corrected chi connectivity index (χ4v) is 2.19. The molecule has 1 aliphatic rings. The highest BCUT2D eigenvalue weighted by atomic mass is 35.5. The van der Waals surface area contributed by atoms with Crippen LogP contribution in [0.5, 0.6) is 0 Å². The largest absolute Gasteiger partial charge is 0.357 e. The van der Waals surface area contributed by atoms with E-state index in [-0.39, 0.29) is 0 Å². The summed E-state index contributed by atoms with van der Waals surface area (Å²) in [5.74, 6) is 1.49. The monoisotopic (exact) mass is 240 g/mol. The lowest BCUT2D eigenvalue weighted by atomic mass is 10.2. The lowest BCUT2D eigenvalue weighted by molar-refractivity contribution is 0.726. The molecule has 0 amide bonds. The van der Waals surface area contributed by atoms with Gasteiger partial charge in [-0.25, -0.2) is 4.98 Å². The number of rotatable bonds is 2. The summed E-state index contributed by atoms with van der Waals surface area (Å²) in [5.41, 5.74) is 0. The van der Waals surface area contributed by atoms with E-state index in [0.29, 0.717) is 11.0 Å². The molecule has 0 aliphatic carbocycles. The first-order chi connectivity index (χ1) is 7.81. The van der Waals surface area contributed by atoms with Crippen LogP contribution >= 0.6 is 11.6 Å². The Kier molecular flexibility index (Phi) is 3.83. The molecule has 1 N–H and O–H groups in total. The average molecular weight is 241 g/mol. The van der Waals surface area contributed by atoms with Gasteiger partial charge in [-0.3, -0.25) is 0 Å². The Labute approximate surface area is 101 Å². The highest BCUT2D eigenvalue weighted by Gasteiger charge is 2.15. The molecule has 1 fully saturated rings. The highest BCUT2D eigenvalue weighted by molar-refractivity contribution is 6.32. The molecule has 2 rings (SSSR count). The Morgan fingerprint density at radius 3 is 2.56 bits per heavy atom. The highest BCUT2D eigenvalue weighted by Crippen LogP contribution is 2.25. The van der Waals surface area contributed by atoms with Crippen LogP contribution in [0.3, 0.4) is 0 Å². The molecule has 88 valence electrons. The number of nitrogens with zero attached hydrogens (tertiary/aromatic N) is 3. The number of nitrogens with one attached hydrogen (secondary N) is 1. The molecule has 1 aromatic rings. The Morgan fingerprint density at radius 2 is 1.94 bits per heavy atom. The third-order valence-corrected chi connectivity index (χ3v) is 3.12. The zero-order valence-corrected chi connectivity index (χ0v) is 10.3. The van der Waals surface area contributed by atoms with Gasteiger partial charge < -0.3 is 10.2 Å². The Hall–Kier alpha value is -1.03. The molecule has 5 heteroatoms. The van der Waals surface area contributed by atoms with Gasteiger partial charge in [-0.2, -0.15) is 4.98 Å². The molecule has 0 unspecified atom stereocenters. The van der Waals surface area contributed by atoms with E-state index >= 15 is 0 Å². The molecule has 0 bridgehead atoms. The van der Waals surface area contributed by atoms with Crippen LogP contribution in [-0.4, -0.2) is 30.1 Å². The molecule has 0 atom stereocenters. The van der Waals surface area contributed by atoms with Crippen LogP contribution in [0.15, 0.2) is 6.20 Å². The maximum atomic E-state index is 6.15. The molecular weight excluding hydrogens is 224 g/mol. The maximum Gasteiger partial charge on any atom is 0.224 e. The summed E-state index contributed by atoms with van der Waals surface area (Å²) in [4.78, 5) is 10.8. The van der Waals surface area contributed by atoms with Crippen molar-refractivity contribution in [1.29, 1.82) is 0 Å². The molecule has 16 heavy (non-hydrogen) atoms. The van der Waals surface area contributed by atoms with Gasteiger partial charge in [0.15, 0.2) is 5.82 Å². The third-order valence-electron chi connectivity index (χ3n) is 2.85. The minimum atomic E-state index is 0.628. The predicted octanol–water partition coefficient (Wildman–Crippen LogP) is 2.55. The van der Waals surface area contributed by atoms with Crippen molar-refractivity contribution >= 4 is 23.4 Å². The van der Waals surface area contributed by atoms with E-state index in [1.165, 1.54) is 25.7 Å². The van der Waals surface area contributed by atoms with Crippen molar-refractivity contribution in [2.75, 3.05) is 30.4 Å². The first kappa shape index (κ1) is 11.5. The second-order valence-corrected chi connectivity index (χ2v) is 4.42. The lowest BCUT2D eigenvalue weighted by Crippen LogP contribution is -2.25. The van der Waals surface area contributed by atoms with Crippen LogP contribution < -0.4 is 10.2 Å². The van der Waals surface area contributed by atoms with Gasteiger partial charge in [0, 0.05) is 20.1 Å². The van der Waals surface area contributed by atoms with E-state index in [0.717, 1.165) is 18.9 Å². The summed E-state index contributed by atoms with van der Waals surface area (Å²) >= 11 is 6.15. The minimum absolute atomic E-state index is 0.628. The molecule has 1 aromatic heterocycles. The van der Waals surface area contributed by atoms with Gasteiger partial charge in [0.1, 0.15) is 5.02 Å². The standard InChI is InChI=1S/C11H17ClN4/c1-13-11-14-8-9(12)10(15-11)16-6-4-2-3-5-7-16/h8H,2-7H2,1H3,(H,13,14,15). The molecule has 0 saturated carbocycles. The number of aromatic nitrogens is 2. The Balaban J connectivity index is 2.22. The summed E-state index contributed by atoms with van der Waals surface area (Å²) < 4.78 is 0. The molecule has 1 aliphatic heterocycles. The quantitative estimate of drug-likeness (QED) is 0.863. The smallest absolute Gasteiger partial charge is 0.224 e. The van der Waals surface area contributed by atoms with Crippen molar-refractivity contribution in [3.05, 3.63) is 11.2 Å². The van der Waals surface area contributed by atoms with Crippen molar-refractivity contribution in [2.24, 2.45) is 0 Å². The lowest BCUT2D eigenvalue weighted by Gasteiger charge is -2.22.